The van der Waals surface area contributed by atoms with Crippen molar-refractivity contribution in [2.45, 2.75) is 32.6 Å². The number of carbonyl (C=O) groups excluding carboxylic acids is 3. The molecule has 154 valence electrons. The molecule has 1 unspecified atom stereocenters. The fourth-order valence-corrected chi connectivity index (χ4v) is 4.99. The van der Waals surface area contributed by atoms with Crippen LogP contribution in [0.3, 0.4) is 0 Å². The Labute approximate surface area is 174 Å². The maximum Gasteiger partial charge on any atom is 0.280 e. The molecule has 1 atom stereocenters. The number of aryl methyl sites for hydroxylation is 2. The molecular formula is C21H27N4O3S+. The Bertz CT molecular complexity index is 938. The minimum Gasteiger partial charge on any atom is -0.365 e. The van der Waals surface area contributed by atoms with Gasteiger partial charge in [0.15, 0.2) is 13.1 Å². The van der Waals surface area contributed by atoms with Crippen LogP contribution in [-0.2, 0) is 28.9 Å². The second-order valence-corrected chi connectivity index (χ2v) is 8.45. The fraction of sp³-hybridized carbons (Fsp3) is 0.381. The summed E-state index contributed by atoms with van der Waals surface area (Å²) in [5, 5.41) is 6.26. The number of hydrogen-bond donors (Lipinski definition) is 4. The molecule has 0 fully saturated rings. The van der Waals surface area contributed by atoms with Gasteiger partial charge in [0.25, 0.3) is 17.7 Å². The Morgan fingerprint density at radius 2 is 1.79 bits per heavy atom. The van der Waals surface area contributed by atoms with Crippen LogP contribution in [0.1, 0.15) is 39.7 Å². The molecule has 1 aromatic heterocycles. The minimum absolute atomic E-state index is 0.115. The number of anilines is 2. The third-order valence-electron chi connectivity index (χ3n) is 5.02. The van der Waals surface area contributed by atoms with Crippen LogP contribution in [0.25, 0.3) is 0 Å². The molecule has 3 rings (SSSR count). The number of amides is 3. The number of nitrogens with two attached hydrogens (primary N) is 1. The quantitative estimate of drug-likeness (QED) is 0.517. The highest BCUT2D eigenvalue weighted by molar-refractivity contribution is 7.17. The number of para-hydroxylation sites is 1. The van der Waals surface area contributed by atoms with E-state index in [1.807, 2.05) is 31.2 Å². The highest BCUT2D eigenvalue weighted by Crippen LogP contribution is 2.38. The van der Waals surface area contributed by atoms with E-state index >= 15 is 0 Å². The van der Waals surface area contributed by atoms with Crippen molar-refractivity contribution in [1.82, 2.24) is 0 Å². The smallest absolute Gasteiger partial charge is 0.280 e. The van der Waals surface area contributed by atoms with Crippen LogP contribution in [-0.4, -0.2) is 37.9 Å². The minimum atomic E-state index is -0.505. The number of likely N-dealkylation sites (N-methyl/N-ethyl adjacent to an activating group) is 1. The van der Waals surface area contributed by atoms with Crippen LogP contribution in [0, 0.1) is 0 Å². The standard InChI is InChI=1S/C21H26N4O3S/c1-3-13-7-4-5-9-15(13)23-17(26)11-25(2)12-18(27)24-21-19(20(22)28)14-8-6-10-16(14)29-21/h4-5,7,9H,3,6,8,10-12H2,1-2H3,(H2,22,28)(H,23,26)(H,24,27)/p+1. The normalized spacial score (nSPS) is 13.6. The van der Waals surface area contributed by atoms with Crippen molar-refractivity contribution >= 4 is 39.7 Å². The van der Waals surface area contributed by atoms with Gasteiger partial charge in [-0.15, -0.1) is 11.3 Å². The molecular weight excluding hydrogens is 388 g/mol. The topological polar surface area (TPSA) is 106 Å². The lowest BCUT2D eigenvalue weighted by Crippen LogP contribution is -3.11. The summed E-state index contributed by atoms with van der Waals surface area (Å²) in [5.41, 5.74) is 8.83. The number of benzene rings is 1. The average Bonchev–Trinajstić information content (AvgIpc) is 3.21. The summed E-state index contributed by atoms with van der Waals surface area (Å²) >= 11 is 1.43. The van der Waals surface area contributed by atoms with E-state index in [4.69, 9.17) is 5.73 Å². The fourth-order valence-electron chi connectivity index (χ4n) is 3.68. The third-order valence-corrected chi connectivity index (χ3v) is 6.22. The Hall–Kier alpha value is -2.71. The second-order valence-electron chi connectivity index (χ2n) is 7.34. The van der Waals surface area contributed by atoms with Crippen LogP contribution < -0.4 is 21.3 Å². The zero-order chi connectivity index (χ0) is 21.0. The second kappa shape index (κ2) is 9.19. The van der Waals surface area contributed by atoms with E-state index in [2.05, 4.69) is 10.6 Å². The monoisotopic (exact) mass is 415 g/mol. The molecule has 0 saturated carbocycles. The van der Waals surface area contributed by atoms with Gasteiger partial charge in [0, 0.05) is 10.6 Å². The summed E-state index contributed by atoms with van der Waals surface area (Å²) in [6.45, 7) is 2.31. The van der Waals surface area contributed by atoms with Crippen molar-refractivity contribution in [2.75, 3.05) is 30.8 Å². The first kappa shape index (κ1) is 21.0. The Balaban J connectivity index is 1.56. The largest absolute Gasteiger partial charge is 0.365 e. The molecule has 1 aliphatic rings. The van der Waals surface area contributed by atoms with Crippen LogP contribution >= 0.6 is 11.3 Å². The summed E-state index contributed by atoms with van der Waals surface area (Å²) in [7, 11) is 1.79. The van der Waals surface area contributed by atoms with Crippen molar-refractivity contribution in [1.29, 1.82) is 0 Å². The Morgan fingerprint density at radius 1 is 1.10 bits per heavy atom. The highest BCUT2D eigenvalue weighted by Gasteiger charge is 2.26. The number of fused-ring (bicyclic) bond motifs is 1. The molecule has 0 aliphatic heterocycles. The van der Waals surface area contributed by atoms with E-state index < -0.39 is 5.91 Å². The van der Waals surface area contributed by atoms with E-state index in [9.17, 15) is 14.4 Å². The lowest BCUT2D eigenvalue weighted by Gasteiger charge is -2.15. The molecule has 2 aromatic rings. The maximum atomic E-state index is 12.5. The van der Waals surface area contributed by atoms with E-state index in [1.165, 1.54) is 11.3 Å². The summed E-state index contributed by atoms with van der Waals surface area (Å²) in [5.74, 6) is -0.898. The number of rotatable bonds is 8. The number of carbonyl (C=O) groups is 3. The number of quaternary nitrogens is 1. The third kappa shape index (κ3) is 5.02. The predicted octanol–water partition coefficient (Wildman–Crippen LogP) is 0.990. The molecule has 0 radical (unpaired) electrons. The van der Waals surface area contributed by atoms with Crippen LogP contribution in [0.5, 0.6) is 0 Å². The molecule has 1 aromatic carbocycles. The van der Waals surface area contributed by atoms with Crippen LogP contribution in [0.15, 0.2) is 24.3 Å². The summed E-state index contributed by atoms with van der Waals surface area (Å²) < 4.78 is 0. The van der Waals surface area contributed by atoms with Gasteiger partial charge in [0.1, 0.15) is 5.00 Å². The average molecular weight is 416 g/mol. The molecule has 0 saturated heterocycles. The summed E-state index contributed by atoms with van der Waals surface area (Å²) in [4.78, 5) is 38.5. The van der Waals surface area contributed by atoms with Gasteiger partial charge in [0.05, 0.1) is 12.6 Å². The molecule has 0 bridgehead atoms. The Kier molecular flexibility index (Phi) is 6.66. The van der Waals surface area contributed by atoms with Gasteiger partial charge >= 0.3 is 0 Å². The van der Waals surface area contributed by atoms with Crippen molar-refractivity contribution < 1.29 is 19.3 Å². The van der Waals surface area contributed by atoms with E-state index in [-0.39, 0.29) is 24.9 Å². The molecule has 5 N–H and O–H groups in total. The Morgan fingerprint density at radius 3 is 2.48 bits per heavy atom. The number of primary amides is 1. The van der Waals surface area contributed by atoms with Gasteiger partial charge in [-0.05, 0) is 42.9 Å². The van der Waals surface area contributed by atoms with E-state index in [0.29, 0.717) is 10.6 Å². The first-order valence-corrected chi connectivity index (χ1v) is 10.6. The van der Waals surface area contributed by atoms with Crippen molar-refractivity contribution in [3.8, 4) is 0 Å². The van der Waals surface area contributed by atoms with Gasteiger partial charge in [-0.1, -0.05) is 25.1 Å². The van der Waals surface area contributed by atoms with Crippen molar-refractivity contribution in [3.63, 3.8) is 0 Å². The molecule has 1 heterocycles. The van der Waals surface area contributed by atoms with E-state index in [1.54, 1.807) is 7.05 Å². The van der Waals surface area contributed by atoms with E-state index in [0.717, 1.165) is 52.3 Å². The number of nitrogens with one attached hydrogen (secondary N) is 3. The molecule has 29 heavy (non-hydrogen) atoms. The van der Waals surface area contributed by atoms with Gasteiger partial charge in [0.2, 0.25) is 0 Å². The zero-order valence-electron chi connectivity index (χ0n) is 16.8. The van der Waals surface area contributed by atoms with Gasteiger partial charge < -0.3 is 21.3 Å². The van der Waals surface area contributed by atoms with Gasteiger partial charge in [-0.2, -0.15) is 0 Å². The lowest BCUT2D eigenvalue weighted by atomic mass is 10.1. The molecule has 7 nitrogen and oxygen atoms in total. The SMILES string of the molecule is CCc1ccccc1NC(=O)C[NH+](C)CC(=O)Nc1sc2c(c1C(N)=O)CCC2. The molecule has 3 amide bonds. The molecule has 8 heteroatoms. The first-order valence-electron chi connectivity index (χ1n) is 9.82. The van der Waals surface area contributed by atoms with Crippen LogP contribution in [0.4, 0.5) is 10.7 Å². The summed E-state index contributed by atoms with van der Waals surface area (Å²) in [6.07, 6.45) is 3.58. The summed E-state index contributed by atoms with van der Waals surface area (Å²) in [6, 6.07) is 7.68. The highest BCUT2D eigenvalue weighted by atomic mass is 32.1. The van der Waals surface area contributed by atoms with Gasteiger partial charge in [-0.3, -0.25) is 14.4 Å². The molecule has 1 aliphatic carbocycles. The lowest BCUT2D eigenvalue weighted by molar-refractivity contribution is -0.862. The van der Waals surface area contributed by atoms with Gasteiger partial charge in [-0.25, -0.2) is 0 Å². The maximum absolute atomic E-state index is 12.5. The number of thiophene rings is 1. The first-order chi connectivity index (χ1) is 13.9. The number of hydrogen-bond acceptors (Lipinski definition) is 4. The molecule has 0 spiro atoms. The van der Waals surface area contributed by atoms with Crippen molar-refractivity contribution in [3.05, 3.63) is 45.8 Å². The zero-order valence-corrected chi connectivity index (χ0v) is 17.6. The van der Waals surface area contributed by atoms with Crippen LogP contribution in [0.2, 0.25) is 0 Å². The predicted molar refractivity (Wildman–Crippen MR) is 115 cm³/mol. The van der Waals surface area contributed by atoms with Crippen molar-refractivity contribution in [2.24, 2.45) is 5.73 Å².